The smallest absolute Gasteiger partial charge is 0.744 e. The van der Waals surface area contributed by atoms with Crippen LogP contribution in [0.15, 0.2) is 23.1 Å². The summed E-state index contributed by atoms with van der Waals surface area (Å²) in [4.78, 5) is -0.321. The zero-order valence-electron chi connectivity index (χ0n) is 6.61. The summed E-state index contributed by atoms with van der Waals surface area (Å²) in [5.41, 5.74) is 0.368. The molecule has 1 N–H and O–H groups in total. The molecular formula is C7H7AgO4S. The van der Waals surface area contributed by atoms with Gasteiger partial charge in [-0.15, -0.1) is 0 Å². The maximum absolute atomic E-state index is 10.5. The van der Waals surface area contributed by atoms with Crippen LogP contribution in [0.3, 0.4) is 0 Å². The number of rotatable bonds is 1. The molecule has 0 saturated carbocycles. The first kappa shape index (κ1) is 12.7. The summed E-state index contributed by atoms with van der Waals surface area (Å²) >= 11 is 0. The van der Waals surface area contributed by atoms with Crippen molar-refractivity contribution < 1.29 is 40.5 Å². The molecule has 0 saturated heterocycles. The second-order valence-corrected chi connectivity index (χ2v) is 3.78. The molecule has 0 fully saturated rings. The van der Waals surface area contributed by atoms with E-state index in [4.69, 9.17) is 5.11 Å². The summed E-state index contributed by atoms with van der Waals surface area (Å²) in [7, 11) is -4.40. The number of hydrogen-bond acceptors (Lipinski definition) is 4. The average Bonchev–Trinajstić information content (AvgIpc) is 1.92. The predicted octanol–water partition coefficient (Wildman–Crippen LogP) is 0.602. The largest absolute Gasteiger partial charge is 1.00 e. The van der Waals surface area contributed by atoms with Gasteiger partial charge in [0, 0.05) is 0 Å². The predicted molar refractivity (Wildman–Crippen MR) is 40.8 cm³/mol. The van der Waals surface area contributed by atoms with E-state index in [0.717, 1.165) is 12.1 Å². The topological polar surface area (TPSA) is 77.4 Å². The first-order valence-corrected chi connectivity index (χ1v) is 4.57. The van der Waals surface area contributed by atoms with Crippen molar-refractivity contribution in [3.05, 3.63) is 23.8 Å². The first-order chi connectivity index (χ1) is 5.41. The zero-order chi connectivity index (χ0) is 9.35. The molecule has 0 aromatic heterocycles. The van der Waals surface area contributed by atoms with Crippen LogP contribution in [0.2, 0.25) is 0 Å². The van der Waals surface area contributed by atoms with Gasteiger partial charge in [-0.25, -0.2) is 8.42 Å². The fourth-order valence-corrected chi connectivity index (χ4v) is 1.34. The molecule has 0 aliphatic rings. The summed E-state index contributed by atoms with van der Waals surface area (Å²) in [5, 5.41) is 9.01. The molecule has 4 nitrogen and oxygen atoms in total. The number of aryl methyl sites for hydroxylation is 1. The van der Waals surface area contributed by atoms with E-state index in [2.05, 4.69) is 0 Å². The number of phenols is 1. The Hall–Kier alpha value is -0.330. The standard InChI is InChI=1S/C7H8O4S.Ag/c1-5-4-6(12(9,10)11)2-3-7(5)8;/h2-4,8H,1H3,(H,9,10,11);/q;+1/p-1. The van der Waals surface area contributed by atoms with Gasteiger partial charge in [-0.1, -0.05) is 0 Å². The van der Waals surface area contributed by atoms with Gasteiger partial charge in [0.25, 0.3) is 0 Å². The van der Waals surface area contributed by atoms with Gasteiger partial charge in [-0.2, -0.15) is 0 Å². The van der Waals surface area contributed by atoms with Crippen LogP contribution < -0.4 is 0 Å². The summed E-state index contributed by atoms with van der Waals surface area (Å²) < 4.78 is 31.4. The van der Waals surface area contributed by atoms with Crippen molar-refractivity contribution in [1.82, 2.24) is 0 Å². The maximum Gasteiger partial charge on any atom is 1.00 e. The third kappa shape index (κ3) is 3.13. The van der Waals surface area contributed by atoms with E-state index in [1.54, 1.807) is 0 Å². The van der Waals surface area contributed by atoms with E-state index >= 15 is 0 Å². The zero-order valence-corrected chi connectivity index (χ0v) is 8.91. The number of aromatic hydroxyl groups is 1. The molecule has 76 valence electrons. The Labute approximate surface area is 91.9 Å². The van der Waals surface area contributed by atoms with Crippen LogP contribution in [-0.4, -0.2) is 18.1 Å². The minimum Gasteiger partial charge on any atom is -0.744 e. The third-order valence-corrected chi connectivity index (χ3v) is 2.29. The van der Waals surface area contributed by atoms with Crippen LogP contribution in [0.25, 0.3) is 0 Å². The van der Waals surface area contributed by atoms with Crippen LogP contribution >= 0.6 is 0 Å². The minimum atomic E-state index is -4.40. The van der Waals surface area contributed by atoms with Gasteiger partial charge in [0.2, 0.25) is 0 Å². The first-order valence-electron chi connectivity index (χ1n) is 3.17. The molecule has 0 unspecified atom stereocenters. The van der Waals surface area contributed by atoms with Crippen molar-refractivity contribution in [3.63, 3.8) is 0 Å². The van der Waals surface area contributed by atoms with E-state index in [-0.39, 0.29) is 33.0 Å². The quantitative estimate of drug-likeness (QED) is 0.608. The monoisotopic (exact) mass is 294 g/mol. The number of hydrogen-bond donors (Lipinski definition) is 1. The van der Waals surface area contributed by atoms with Crippen molar-refractivity contribution >= 4 is 10.1 Å². The van der Waals surface area contributed by atoms with Crippen molar-refractivity contribution in [1.29, 1.82) is 0 Å². The second-order valence-electron chi connectivity index (χ2n) is 2.40. The van der Waals surface area contributed by atoms with Crippen LogP contribution in [0, 0.1) is 6.92 Å². The van der Waals surface area contributed by atoms with Crippen molar-refractivity contribution in [2.75, 3.05) is 0 Å². The molecule has 0 bridgehead atoms. The van der Waals surface area contributed by atoms with E-state index < -0.39 is 10.1 Å². The van der Waals surface area contributed by atoms with Crippen LogP contribution in [0.1, 0.15) is 5.56 Å². The van der Waals surface area contributed by atoms with Crippen LogP contribution in [-0.2, 0) is 32.5 Å². The van der Waals surface area contributed by atoms with E-state index in [0.29, 0.717) is 5.56 Å². The normalized spacial score (nSPS) is 10.6. The van der Waals surface area contributed by atoms with Gasteiger partial charge < -0.3 is 9.66 Å². The number of phenolic OH excluding ortho intramolecular Hbond substituents is 1. The van der Waals surface area contributed by atoms with Crippen molar-refractivity contribution in [2.24, 2.45) is 0 Å². The van der Waals surface area contributed by atoms with Gasteiger partial charge >= 0.3 is 22.4 Å². The summed E-state index contributed by atoms with van der Waals surface area (Å²) in [5.74, 6) is -0.0256. The molecule has 0 atom stereocenters. The summed E-state index contributed by atoms with van der Waals surface area (Å²) in [6.07, 6.45) is 0. The second kappa shape index (κ2) is 4.26. The molecule has 0 radical (unpaired) electrons. The Morgan fingerprint density at radius 2 is 1.92 bits per heavy atom. The Kier molecular flexibility index (Phi) is 4.15. The molecule has 13 heavy (non-hydrogen) atoms. The Morgan fingerprint density at radius 1 is 1.38 bits per heavy atom. The third-order valence-electron chi connectivity index (χ3n) is 1.46. The van der Waals surface area contributed by atoms with Gasteiger partial charge in [-0.05, 0) is 30.7 Å². The molecule has 1 aromatic rings. The van der Waals surface area contributed by atoms with E-state index in [1.807, 2.05) is 0 Å². The van der Waals surface area contributed by atoms with E-state index in [1.165, 1.54) is 13.0 Å². The molecule has 1 rings (SSSR count). The fraction of sp³-hybridized carbons (Fsp3) is 0.143. The minimum absolute atomic E-state index is 0. The van der Waals surface area contributed by atoms with Gasteiger partial charge in [0.05, 0.1) is 4.90 Å². The molecule has 0 amide bonds. The molecule has 0 aliphatic carbocycles. The Balaban J connectivity index is 0.00000144. The van der Waals surface area contributed by atoms with Crippen molar-refractivity contribution in [2.45, 2.75) is 11.8 Å². The molecule has 1 aromatic carbocycles. The Bertz CT molecular complexity index is 399. The SMILES string of the molecule is Cc1cc(S(=O)(=O)[O-])ccc1O.[Ag+]. The fourth-order valence-electron chi connectivity index (χ4n) is 0.783. The van der Waals surface area contributed by atoms with Crippen molar-refractivity contribution in [3.8, 4) is 5.75 Å². The summed E-state index contributed by atoms with van der Waals surface area (Å²) in [6, 6.07) is 3.39. The Morgan fingerprint density at radius 3 is 2.31 bits per heavy atom. The van der Waals surface area contributed by atoms with Gasteiger partial charge in [0.1, 0.15) is 15.9 Å². The molecule has 6 heteroatoms. The molecule has 0 heterocycles. The van der Waals surface area contributed by atoms with E-state index in [9.17, 15) is 13.0 Å². The van der Waals surface area contributed by atoms with Crippen LogP contribution in [0.5, 0.6) is 5.75 Å². The number of benzene rings is 1. The maximum atomic E-state index is 10.5. The molecule has 0 aliphatic heterocycles. The van der Waals surface area contributed by atoms with Crippen LogP contribution in [0.4, 0.5) is 0 Å². The van der Waals surface area contributed by atoms with Gasteiger partial charge in [-0.3, -0.25) is 0 Å². The molecule has 0 spiro atoms. The van der Waals surface area contributed by atoms with Gasteiger partial charge in [0.15, 0.2) is 0 Å². The molecular weight excluding hydrogens is 288 g/mol. The summed E-state index contributed by atoms with van der Waals surface area (Å²) in [6.45, 7) is 1.52. The average molecular weight is 295 g/mol.